The maximum absolute atomic E-state index is 4.63. The number of benzene rings is 2. The van der Waals surface area contributed by atoms with E-state index in [1.165, 1.54) is 10.9 Å². The Kier molecular flexibility index (Phi) is 3.35. The summed E-state index contributed by atoms with van der Waals surface area (Å²) >= 11 is 0. The third-order valence-corrected chi connectivity index (χ3v) is 4.53. The quantitative estimate of drug-likeness (QED) is 0.587. The van der Waals surface area contributed by atoms with Gasteiger partial charge in [0, 0.05) is 36.6 Å². The summed E-state index contributed by atoms with van der Waals surface area (Å²) in [4.78, 5) is 4.63. The van der Waals surface area contributed by atoms with Crippen LogP contribution in [0.4, 0.5) is 5.82 Å². The largest absolute Gasteiger partial charge is 0.373 e. The molecule has 4 rings (SSSR count). The van der Waals surface area contributed by atoms with Gasteiger partial charge in [-0.05, 0) is 47.0 Å². The summed E-state index contributed by atoms with van der Waals surface area (Å²) in [5.41, 5.74) is 5.45. The van der Waals surface area contributed by atoms with Crippen LogP contribution in [0.15, 0.2) is 67.4 Å². The van der Waals surface area contributed by atoms with Crippen LogP contribution in [0.3, 0.4) is 0 Å². The zero-order chi connectivity index (χ0) is 16.7. The molecule has 118 valence electrons. The fourth-order valence-electron chi connectivity index (χ4n) is 3.18. The van der Waals surface area contributed by atoms with E-state index >= 15 is 0 Å². The summed E-state index contributed by atoms with van der Waals surface area (Å²) in [5.74, 6) is 0.852. The molecule has 0 saturated heterocycles. The number of aryl methyl sites for hydroxylation is 1. The Morgan fingerprint density at radius 3 is 2.75 bits per heavy atom. The molecule has 0 radical (unpaired) electrons. The smallest absolute Gasteiger partial charge is 0.127 e. The number of anilines is 1. The first-order valence-electron chi connectivity index (χ1n) is 7.99. The highest BCUT2D eigenvalue weighted by molar-refractivity contribution is 5.98. The molecule has 0 unspecified atom stereocenters. The number of fused-ring (bicyclic) bond motifs is 2. The topological polar surface area (TPSA) is 29.9 Å². The van der Waals surface area contributed by atoms with Gasteiger partial charge < -0.3 is 9.88 Å². The van der Waals surface area contributed by atoms with Crippen molar-refractivity contribution in [3.8, 4) is 0 Å². The summed E-state index contributed by atoms with van der Waals surface area (Å²) < 4.78 is 2.13. The van der Waals surface area contributed by atoms with Gasteiger partial charge in [0.1, 0.15) is 5.82 Å². The normalized spacial score (nSPS) is 11.1. The van der Waals surface area contributed by atoms with Crippen LogP contribution in [-0.4, -0.2) is 16.6 Å². The van der Waals surface area contributed by atoms with Crippen molar-refractivity contribution < 1.29 is 0 Å². The first kappa shape index (κ1) is 14.5. The van der Waals surface area contributed by atoms with Gasteiger partial charge in [-0.1, -0.05) is 30.8 Å². The molecular weight excluding hydrogens is 294 g/mol. The lowest BCUT2D eigenvalue weighted by Crippen LogP contribution is -1.97. The average molecular weight is 313 g/mol. The van der Waals surface area contributed by atoms with Crippen molar-refractivity contribution >= 4 is 33.2 Å². The summed E-state index contributed by atoms with van der Waals surface area (Å²) in [5, 5.41) is 5.49. The van der Waals surface area contributed by atoms with Gasteiger partial charge in [-0.3, -0.25) is 0 Å². The second-order valence-corrected chi connectivity index (χ2v) is 6.00. The molecule has 1 N–H and O–H groups in total. The number of nitrogens with zero attached hydrogens (tertiary/aromatic N) is 2. The molecule has 2 aromatic carbocycles. The number of rotatable bonds is 3. The van der Waals surface area contributed by atoms with Gasteiger partial charge in [0.25, 0.3) is 0 Å². The van der Waals surface area contributed by atoms with Crippen LogP contribution in [0.25, 0.3) is 27.4 Å². The van der Waals surface area contributed by atoms with Crippen LogP contribution in [0.5, 0.6) is 0 Å². The molecule has 4 aromatic rings. The van der Waals surface area contributed by atoms with Gasteiger partial charge in [-0.15, -0.1) is 0 Å². The van der Waals surface area contributed by atoms with Gasteiger partial charge in [0.15, 0.2) is 0 Å². The van der Waals surface area contributed by atoms with Crippen molar-refractivity contribution in [3.63, 3.8) is 0 Å². The van der Waals surface area contributed by atoms with Crippen LogP contribution in [0.2, 0.25) is 0 Å². The molecule has 3 nitrogen and oxygen atoms in total. The summed E-state index contributed by atoms with van der Waals surface area (Å²) in [6.07, 6.45) is 2.08. The lowest BCUT2D eigenvalue weighted by atomic mass is 9.95. The Bertz CT molecular complexity index is 1070. The fourth-order valence-corrected chi connectivity index (χ4v) is 3.18. The van der Waals surface area contributed by atoms with Gasteiger partial charge in [-0.2, -0.15) is 0 Å². The minimum Gasteiger partial charge on any atom is -0.373 e. The summed E-state index contributed by atoms with van der Waals surface area (Å²) in [7, 11) is 3.95. The summed E-state index contributed by atoms with van der Waals surface area (Å²) in [6.45, 7) is 4.37. The van der Waals surface area contributed by atoms with E-state index in [9.17, 15) is 0 Å². The Balaban J connectivity index is 1.90. The van der Waals surface area contributed by atoms with E-state index in [1.54, 1.807) is 0 Å². The number of nitrogens with one attached hydrogen (secondary N) is 1. The minimum absolute atomic E-state index is 0.852. The van der Waals surface area contributed by atoms with Crippen molar-refractivity contribution in [3.05, 3.63) is 78.5 Å². The van der Waals surface area contributed by atoms with E-state index < -0.39 is 0 Å². The molecule has 2 heterocycles. The van der Waals surface area contributed by atoms with Crippen LogP contribution in [0.1, 0.15) is 11.1 Å². The maximum atomic E-state index is 4.63. The van der Waals surface area contributed by atoms with Crippen molar-refractivity contribution in [1.82, 2.24) is 9.55 Å². The summed E-state index contributed by atoms with van der Waals surface area (Å²) in [6, 6.07) is 18.9. The van der Waals surface area contributed by atoms with Gasteiger partial charge in [0.2, 0.25) is 0 Å². The number of pyridine rings is 1. The van der Waals surface area contributed by atoms with Gasteiger partial charge in [0.05, 0.1) is 5.52 Å². The van der Waals surface area contributed by atoms with E-state index in [0.29, 0.717) is 0 Å². The zero-order valence-electron chi connectivity index (χ0n) is 13.9. The standard InChI is InChI=1S/C21H19N3/c1-14(15-8-9-20-16(12-15)10-11-24(20)3)18-13-21(22-2)23-19-7-5-4-6-17(18)19/h4-13H,1H2,2-3H3,(H,22,23). The molecule has 0 aliphatic carbocycles. The van der Waals surface area contributed by atoms with Crippen molar-refractivity contribution in [2.75, 3.05) is 12.4 Å². The fraction of sp³-hybridized carbons (Fsp3) is 0.0952. The third-order valence-electron chi connectivity index (χ3n) is 4.53. The average Bonchev–Trinajstić information content (AvgIpc) is 3.00. The first-order chi connectivity index (χ1) is 11.7. The monoisotopic (exact) mass is 313 g/mol. The predicted octanol–water partition coefficient (Wildman–Crippen LogP) is 4.83. The lowest BCUT2D eigenvalue weighted by molar-refractivity contribution is 0.969. The Morgan fingerprint density at radius 2 is 1.92 bits per heavy atom. The first-order valence-corrected chi connectivity index (χ1v) is 7.99. The molecule has 3 heteroatoms. The van der Waals surface area contributed by atoms with E-state index in [2.05, 4.69) is 71.1 Å². The predicted molar refractivity (Wildman–Crippen MR) is 102 cm³/mol. The Labute approximate surface area is 141 Å². The molecule has 0 aliphatic rings. The maximum Gasteiger partial charge on any atom is 0.127 e. The molecule has 0 atom stereocenters. The molecule has 0 saturated carbocycles. The molecule has 24 heavy (non-hydrogen) atoms. The Morgan fingerprint density at radius 1 is 1.08 bits per heavy atom. The van der Waals surface area contributed by atoms with E-state index in [4.69, 9.17) is 0 Å². The minimum atomic E-state index is 0.852. The van der Waals surface area contributed by atoms with E-state index in [-0.39, 0.29) is 0 Å². The second-order valence-electron chi connectivity index (χ2n) is 6.00. The highest BCUT2D eigenvalue weighted by Crippen LogP contribution is 2.31. The van der Waals surface area contributed by atoms with Crippen LogP contribution in [-0.2, 0) is 7.05 Å². The molecule has 0 aliphatic heterocycles. The second kappa shape index (κ2) is 5.53. The number of para-hydroxylation sites is 1. The molecule has 0 spiro atoms. The molecular formula is C21H19N3. The molecule has 0 bridgehead atoms. The molecule has 0 amide bonds. The number of aromatic nitrogens is 2. The molecule has 2 aromatic heterocycles. The van der Waals surface area contributed by atoms with Crippen molar-refractivity contribution in [2.24, 2.45) is 7.05 Å². The van der Waals surface area contributed by atoms with Crippen LogP contribution >= 0.6 is 0 Å². The zero-order valence-corrected chi connectivity index (χ0v) is 13.9. The van der Waals surface area contributed by atoms with Gasteiger partial charge in [-0.25, -0.2) is 4.98 Å². The van der Waals surface area contributed by atoms with Crippen molar-refractivity contribution in [2.45, 2.75) is 0 Å². The van der Waals surface area contributed by atoms with E-state index in [0.717, 1.165) is 33.4 Å². The lowest BCUT2D eigenvalue weighted by Gasteiger charge is -2.12. The van der Waals surface area contributed by atoms with Crippen LogP contribution < -0.4 is 5.32 Å². The molecule has 0 fully saturated rings. The SMILES string of the molecule is C=C(c1ccc2c(ccn2C)c1)c1cc(NC)nc2ccccc12. The third kappa shape index (κ3) is 2.26. The highest BCUT2D eigenvalue weighted by atomic mass is 15.0. The number of hydrogen-bond donors (Lipinski definition) is 1. The van der Waals surface area contributed by atoms with Crippen LogP contribution in [0, 0.1) is 0 Å². The van der Waals surface area contributed by atoms with E-state index in [1.807, 2.05) is 25.2 Å². The van der Waals surface area contributed by atoms with Gasteiger partial charge >= 0.3 is 0 Å². The Hall–Kier alpha value is -3.07. The number of hydrogen-bond acceptors (Lipinski definition) is 2. The van der Waals surface area contributed by atoms with Crippen molar-refractivity contribution in [1.29, 1.82) is 0 Å². The highest BCUT2D eigenvalue weighted by Gasteiger charge is 2.11.